The van der Waals surface area contributed by atoms with Crippen LogP contribution in [0.25, 0.3) is 10.9 Å². The number of anilines is 2. The number of nitrogens with zero attached hydrogens (tertiary/aromatic N) is 3. The molecule has 0 saturated carbocycles. The summed E-state index contributed by atoms with van der Waals surface area (Å²) in [6.45, 7) is 2.84. The Morgan fingerprint density at radius 3 is 2.46 bits per heavy atom. The molecule has 1 saturated heterocycles. The van der Waals surface area contributed by atoms with E-state index in [1.807, 2.05) is 12.1 Å². The first-order chi connectivity index (χ1) is 15.9. The molecule has 0 unspecified atom stereocenters. The van der Waals surface area contributed by atoms with Gasteiger partial charge in [-0.25, -0.2) is 14.4 Å². The molecular weight excluding hydrogens is 745 g/mol. The molecule has 2 heterocycles. The van der Waals surface area contributed by atoms with Gasteiger partial charge in [0.05, 0.1) is 24.9 Å². The van der Waals surface area contributed by atoms with E-state index < -0.39 is 16.5 Å². The SMILES string of the molecule is COc1cc2c(Nc3ccc(Br)cc3F)ncnc2cc1OCC1CCN(C)CC1.N.N.[Cl][Pt][Cl]. The van der Waals surface area contributed by atoms with E-state index in [1.54, 1.807) is 19.2 Å². The fourth-order valence-electron chi connectivity index (χ4n) is 3.59. The van der Waals surface area contributed by atoms with E-state index in [2.05, 4.69) is 43.2 Å². The number of nitrogens with one attached hydrogen (secondary N) is 1. The van der Waals surface area contributed by atoms with Crippen LogP contribution in [-0.4, -0.2) is 48.7 Å². The maximum absolute atomic E-state index is 14.3. The van der Waals surface area contributed by atoms with Crippen LogP contribution in [0.15, 0.2) is 41.1 Å². The molecule has 0 radical (unpaired) electrons. The average molecular weight is 775 g/mol. The maximum atomic E-state index is 14.3. The number of likely N-dealkylation sites (tertiary alicyclic amines) is 1. The number of rotatable bonds is 6. The van der Waals surface area contributed by atoms with E-state index in [4.69, 9.17) is 28.3 Å². The Morgan fingerprint density at radius 2 is 1.83 bits per heavy atom. The van der Waals surface area contributed by atoms with Crippen molar-refractivity contribution in [2.75, 3.05) is 39.2 Å². The Morgan fingerprint density at radius 1 is 1.14 bits per heavy atom. The number of halogens is 4. The van der Waals surface area contributed by atoms with E-state index in [-0.39, 0.29) is 18.1 Å². The minimum atomic E-state index is -0.472. The first-order valence-electron chi connectivity index (χ1n) is 10.1. The Balaban J connectivity index is 0.00000117. The predicted molar refractivity (Wildman–Crippen MR) is 141 cm³/mol. The number of piperidine rings is 1. The molecule has 0 spiro atoms. The molecule has 0 atom stereocenters. The summed E-state index contributed by atoms with van der Waals surface area (Å²) >= 11 is 2.80. The van der Waals surface area contributed by atoms with E-state index >= 15 is 0 Å². The number of hydrogen-bond donors (Lipinski definition) is 3. The Bertz CT molecular complexity index is 1080. The van der Waals surface area contributed by atoms with Crippen molar-refractivity contribution in [3.8, 4) is 11.5 Å². The van der Waals surface area contributed by atoms with E-state index in [0.29, 0.717) is 45.5 Å². The second-order valence-electron chi connectivity index (χ2n) is 7.59. The second-order valence-corrected chi connectivity index (χ2v) is 11.8. The fourth-order valence-corrected chi connectivity index (χ4v) is 3.92. The molecule has 0 aliphatic carbocycles. The number of fused-ring (bicyclic) bond motifs is 1. The molecule has 1 fully saturated rings. The molecule has 8 nitrogen and oxygen atoms in total. The zero-order valence-electron chi connectivity index (χ0n) is 19.5. The normalized spacial score (nSPS) is 13.8. The Hall–Kier alpha value is -1.26. The van der Waals surface area contributed by atoms with Gasteiger partial charge in [-0.1, -0.05) is 15.9 Å². The van der Waals surface area contributed by atoms with Gasteiger partial charge in [-0.2, -0.15) is 0 Å². The summed E-state index contributed by atoms with van der Waals surface area (Å²) in [5, 5.41) is 3.78. The van der Waals surface area contributed by atoms with Gasteiger partial charge in [-0.3, -0.25) is 0 Å². The van der Waals surface area contributed by atoms with Crippen LogP contribution >= 0.6 is 34.8 Å². The van der Waals surface area contributed by atoms with Gasteiger partial charge in [0.2, 0.25) is 0 Å². The van der Waals surface area contributed by atoms with Crippen LogP contribution in [0.4, 0.5) is 15.9 Å². The molecule has 1 aliphatic heterocycles. The van der Waals surface area contributed by atoms with E-state index in [9.17, 15) is 4.39 Å². The van der Waals surface area contributed by atoms with Gasteiger partial charge in [0.25, 0.3) is 0 Å². The van der Waals surface area contributed by atoms with Crippen molar-refractivity contribution >= 4 is 57.2 Å². The van der Waals surface area contributed by atoms with Crippen molar-refractivity contribution in [3.05, 3.63) is 46.9 Å². The Kier molecular flexibility index (Phi) is 14.3. The summed E-state index contributed by atoms with van der Waals surface area (Å²) in [6, 6.07) is 8.52. The number of aromatic nitrogens is 2. The van der Waals surface area contributed by atoms with E-state index in [0.717, 1.165) is 31.3 Å². The molecule has 4 rings (SSSR count). The summed E-state index contributed by atoms with van der Waals surface area (Å²) in [5.74, 6) is 1.92. The molecular formula is C22H30BrCl2FN6O2Pt. The summed E-state index contributed by atoms with van der Waals surface area (Å²) in [4.78, 5) is 11.0. The molecule has 13 heteroatoms. The predicted octanol–water partition coefficient (Wildman–Crippen LogP) is 6.70. The van der Waals surface area contributed by atoms with Crippen LogP contribution in [0.1, 0.15) is 12.8 Å². The van der Waals surface area contributed by atoms with Crippen LogP contribution in [0.3, 0.4) is 0 Å². The zero-order chi connectivity index (χ0) is 23.8. The van der Waals surface area contributed by atoms with Crippen LogP contribution < -0.4 is 27.1 Å². The second kappa shape index (κ2) is 15.8. The summed E-state index contributed by atoms with van der Waals surface area (Å²) < 4.78 is 26.6. The molecule has 7 N–H and O–H groups in total. The number of benzene rings is 2. The van der Waals surface area contributed by atoms with Crippen LogP contribution in [-0.2, 0) is 16.5 Å². The third-order valence-electron chi connectivity index (χ3n) is 5.42. The third-order valence-corrected chi connectivity index (χ3v) is 5.91. The van der Waals surface area contributed by atoms with Crippen molar-refractivity contribution in [1.29, 1.82) is 0 Å². The van der Waals surface area contributed by atoms with Gasteiger partial charge in [0.1, 0.15) is 18.0 Å². The molecule has 0 bridgehead atoms. The van der Waals surface area contributed by atoms with Crippen LogP contribution in [0.5, 0.6) is 11.5 Å². The molecule has 198 valence electrons. The summed E-state index contributed by atoms with van der Waals surface area (Å²) in [6.07, 6.45) is 3.71. The van der Waals surface area contributed by atoms with Gasteiger partial charge >= 0.3 is 35.3 Å². The monoisotopic (exact) mass is 773 g/mol. The van der Waals surface area contributed by atoms with Crippen molar-refractivity contribution in [2.45, 2.75) is 12.8 Å². The average Bonchev–Trinajstić information content (AvgIpc) is 2.80. The third kappa shape index (κ3) is 8.97. The van der Waals surface area contributed by atoms with Gasteiger partial charge in [-0.15, -0.1) is 0 Å². The summed E-state index contributed by atoms with van der Waals surface area (Å²) in [5.41, 5.74) is 1.03. The molecule has 3 aromatic rings. The quantitative estimate of drug-likeness (QED) is 0.252. The van der Waals surface area contributed by atoms with Crippen LogP contribution in [0, 0.1) is 11.7 Å². The molecule has 1 aromatic heterocycles. The molecule has 2 aromatic carbocycles. The Labute approximate surface area is 229 Å². The van der Waals surface area contributed by atoms with Crippen molar-refractivity contribution in [2.24, 2.45) is 5.92 Å². The van der Waals surface area contributed by atoms with Crippen molar-refractivity contribution in [1.82, 2.24) is 27.2 Å². The van der Waals surface area contributed by atoms with Gasteiger partial charge in [-0.05, 0) is 63.2 Å². The minimum absolute atomic E-state index is 0. The van der Waals surface area contributed by atoms with Gasteiger partial charge < -0.3 is 32.0 Å². The standard InChI is InChI=1S/C22H24BrFN4O2.2ClH.2H3N.Pt/c1-28-7-5-14(6-8-28)12-30-21-11-19-16(10-20(21)29-2)22(26-13-25-19)27-18-4-3-15(23)9-17(18)24;;;;;/h3-4,9-11,13-14H,5-8,12H2,1-2H3,(H,25,26,27);2*1H;2*1H3;/q;;;;;+2/p-2. The topological polar surface area (TPSA) is 130 Å². The number of ether oxygens (including phenoxy) is 2. The number of hydrogen-bond acceptors (Lipinski definition) is 8. The number of methoxy groups -OCH3 is 1. The zero-order valence-corrected chi connectivity index (χ0v) is 24.8. The van der Waals surface area contributed by atoms with Crippen molar-refractivity contribution in [3.63, 3.8) is 0 Å². The first-order valence-corrected chi connectivity index (χ1v) is 16.6. The first kappa shape index (κ1) is 31.8. The fraction of sp³-hybridized carbons (Fsp3) is 0.364. The van der Waals surface area contributed by atoms with Gasteiger partial charge in [0.15, 0.2) is 11.5 Å². The molecule has 35 heavy (non-hydrogen) atoms. The molecule has 0 amide bonds. The van der Waals surface area contributed by atoms with Crippen LogP contribution in [0.2, 0.25) is 0 Å². The van der Waals surface area contributed by atoms with E-state index in [1.165, 1.54) is 12.4 Å². The van der Waals surface area contributed by atoms with Crippen molar-refractivity contribution < 1.29 is 30.3 Å². The summed E-state index contributed by atoms with van der Waals surface area (Å²) in [7, 11) is 13.5. The van der Waals surface area contributed by atoms with Gasteiger partial charge in [0, 0.05) is 15.9 Å². The molecule has 1 aliphatic rings.